The molecule has 5 atom stereocenters. The molecule has 456 valence electrons. The Morgan fingerprint density at radius 2 is 1.58 bits per heavy atom. The number of piperidine rings is 1. The Balaban J connectivity index is 0.639. The number of nitriles is 1. The van der Waals surface area contributed by atoms with Gasteiger partial charge in [0.25, 0.3) is 5.91 Å². The first-order valence-corrected chi connectivity index (χ1v) is 30.8. The maximum Gasteiger partial charge on any atom is 0.254 e. The number of benzene rings is 2. The summed E-state index contributed by atoms with van der Waals surface area (Å²) in [4.78, 5) is 90.1. The number of likely N-dealkylation sites (tertiary alicyclic amines) is 2. The van der Waals surface area contributed by atoms with Crippen LogP contribution in [-0.2, 0) is 46.4 Å². The molecule has 3 amide bonds. The number of rotatable bonds is 27. The number of aryl methyl sites for hydroxylation is 2. The highest BCUT2D eigenvalue weighted by molar-refractivity contribution is 8.14. The first-order chi connectivity index (χ1) is 41.2. The van der Waals surface area contributed by atoms with E-state index in [-0.39, 0.29) is 84.8 Å². The summed E-state index contributed by atoms with van der Waals surface area (Å²) in [6, 6.07) is 11.8. The summed E-state index contributed by atoms with van der Waals surface area (Å²) in [5, 5.41) is 21.9. The van der Waals surface area contributed by atoms with Crippen LogP contribution in [0.2, 0.25) is 0 Å². The fourth-order valence-corrected chi connectivity index (χ4v) is 13.0. The average Bonchev–Trinajstić information content (AvgIpc) is 3.53. The Kier molecular flexibility index (Phi) is 22.2. The lowest BCUT2D eigenvalue weighted by atomic mass is 9.88. The lowest BCUT2D eigenvalue weighted by Crippen LogP contribution is -2.58. The molecule has 2 bridgehead atoms. The van der Waals surface area contributed by atoms with Crippen molar-refractivity contribution in [3.8, 4) is 17.3 Å². The van der Waals surface area contributed by atoms with Gasteiger partial charge < -0.3 is 54.9 Å². The number of anilines is 2. The van der Waals surface area contributed by atoms with Crippen LogP contribution in [0, 0.1) is 30.0 Å². The van der Waals surface area contributed by atoms with Gasteiger partial charge in [0.15, 0.2) is 23.1 Å². The number of hydrogen-bond acceptors (Lipinski definition) is 19. The predicted molar refractivity (Wildman–Crippen MR) is 320 cm³/mol. The van der Waals surface area contributed by atoms with Gasteiger partial charge in [0, 0.05) is 62.9 Å². The molecule has 9 rings (SSSR count). The van der Waals surface area contributed by atoms with Crippen LogP contribution < -0.4 is 21.3 Å². The molecule has 2 aromatic heterocycles. The molecule has 5 aliphatic rings. The maximum atomic E-state index is 14.8. The molecule has 3 fully saturated rings. The Morgan fingerprint density at radius 3 is 2.29 bits per heavy atom. The molecule has 0 spiro atoms. The molecule has 4 N–H and O–H groups in total. The van der Waals surface area contributed by atoms with E-state index in [4.69, 9.17) is 34.7 Å². The minimum Gasteiger partial charge on any atom is -0.381 e. The first kappa shape index (κ1) is 62.8. The molecule has 7 heterocycles. The van der Waals surface area contributed by atoms with E-state index in [1.807, 2.05) is 41.0 Å². The number of nitrogens with zero attached hydrogens (tertiary/aromatic N) is 10. The normalized spacial score (nSPS) is 19.8. The molecular formula is C61H80FN13O9S. The van der Waals surface area contributed by atoms with Gasteiger partial charge >= 0.3 is 0 Å². The van der Waals surface area contributed by atoms with Gasteiger partial charge in [0.05, 0.1) is 106 Å². The predicted octanol–water partition coefficient (Wildman–Crippen LogP) is 5.17. The zero-order chi connectivity index (χ0) is 60.0. The molecule has 24 heteroatoms. The van der Waals surface area contributed by atoms with Gasteiger partial charge in [0.2, 0.25) is 11.8 Å². The number of nitrogens with one attached hydrogen (secondary N) is 2. The second-order valence-electron chi connectivity index (χ2n) is 22.4. The van der Waals surface area contributed by atoms with Gasteiger partial charge in [-0.1, -0.05) is 29.8 Å². The van der Waals surface area contributed by atoms with E-state index in [1.165, 1.54) is 29.3 Å². The number of nitrogen functional groups attached to an aromatic ring is 1. The van der Waals surface area contributed by atoms with E-state index in [0.717, 1.165) is 62.3 Å². The number of fused-ring (bicyclic) bond motifs is 8. The fraction of sp³-hybridized carbons (Fsp3) is 0.574. The third kappa shape index (κ3) is 15.7. The number of ether oxygens (including phenoxy) is 4. The van der Waals surface area contributed by atoms with Crippen molar-refractivity contribution in [1.29, 1.82) is 5.26 Å². The van der Waals surface area contributed by atoms with Crippen LogP contribution >= 0.6 is 11.8 Å². The number of amides is 3. The van der Waals surface area contributed by atoms with Crippen molar-refractivity contribution in [3.05, 3.63) is 88.1 Å². The highest BCUT2D eigenvalue weighted by Gasteiger charge is 2.43. The second kappa shape index (κ2) is 30.1. The van der Waals surface area contributed by atoms with E-state index in [9.17, 15) is 33.6 Å². The quantitative estimate of drug-likeness (QED) is 0.0514. The van der Waals surface area contributed by atoms with Crippen LogP contribution in [0.3, 0.4) is 0 Å². The molecule has 0 saturated carbocycles. The Labute approximate surface area is 500 Å². The lowest BCUT2D eigenvalue weighted by Gasteiger charge is -2.38. The van der Waals surface area contributed by atoms with E-state index in [0.29, 0.717) is 124 Å². The highest BCUT2D eigenvalue weighted by atomic mass is 32.2. The summed E-state index contributed by atoms with van der Waals surface area (Å²) in [5.74, 6) is 0.0384. The molecule has 22 nitrogen and oxygen atoms in total. The van der Waals surface area contributed by atoms with Crippen LogP contribution in [0.4, 0.5) is 16.0 Å². The molecule has 1 unspecified atom stereocenters. The maximum absolute atomic E-state index is 14.8. The van der Waals surface area contributed by atoms with Crippen LogP contribution in [0.25, 0.3) is 11.3 Å². The van der Waals surface area contributed by atoms with E-state index < -0.39 is 23.9 Å². The summed E-state index contributed by atoms with van der Waals surface area (Å²) in [6.07, 6.45) is 6.91. The van der Waals surface area contributed by atoms with Gasteiger partial charge in [-0.2, -0.15) is 10.4 Å². The van der Waals surface area contributed by atoms with Crippen molar-refractivity contribution in [1.82, 2.24) is 45.1 Å². The van der Waals surface area contributed by atoms with Crippen molar-refractivity contribution in [2.24, 2.45) is 10.9 Å². The zero-order valence-corrected chi connectivity index (χ0v) is 50.1. The Hall–Kier alpha value is -6.72. The van der Waals surface area contributed by atoms with E-state index in [2.05, 4.69) is 31.7 Å². The summed E-state index contributed by atoms with van der Waals surface area (Å²) in [5.41, 5.74) is 10.5. The molecule has 2 aromatic carbocycles. The Bertz CT molecular complexity index is 3080. The smallest absolute Gasteiger partial charge is 0.254 e. The minimum atomic E-state index is -0.666. The van der Waals surface area contributed by atoms with Crippen molar-refractivity contribution in [2.45, 2.75) is 115 Å². The molecule has 5 aliphatic heterocycles. The molecule has 4 aromatic rings. The SMILES string of the molecule is CN[C@H](C)C(=O)N[C@@H](C(=O)N1CCC[C@@H]1C1=NC(C(=O)c2ccc(C)cc2)CS1)C1CCN(CCOCCOCCOCCOCCC(=O)CCCn2nc(C#N)c3c2CN(C)C(=O)c2ccc(F)cc2[C@H]2CCCN2c2nc-3cnc2N)CC1. The van der Waals surface area contributed by atoms with Gasteiger partial charge in [-0.05, 0) is 109 Å². The summed E-state index contributed by atoms with van der Waals surface area (Å²) < 4.78 is 39.4. The lowest BCUT2D eigenvalue weighted by molar-refractivity contribution is -0.138. The van der Waals surface area contributed by atoms with E-state index >= 15 is 0 Å². The molecule has 3 saturated heterocycles. The first-order valence-electron chi connectivity index (χ1n) is 29.8. The van der Waals surface area contributed by atoms with Crippen LogP contribution in [-0.4, -0.2) is 198 Å². The number of halogens is 1. The third-order valence-corrected chi connectivity index (χ3v) is 17.9. The number of likely N-dealkylation sites (N-methyl/N-ethyl adjacent to an activating group) is 1. The minimum absolute atomic E-state index is 0.00581. The number of aromatic nitrogens is 4. The highest BCUT2D eigenvalue weighted by Crippen LogP contribution is 2.41. The number of hydrogen-bond donors (Lipinski definition) is 3. The fourth-order valence-electron chi connectivity index (χ4n) is 11.8. The van der Waals surface area contributed by atoms with Crippen molar-refractivity contribution >= 4 is 57.7 Å². The number of nitrogens with two attached hydrogens (primary N) is 1. The van der Waals surface area contributed by atoms with Gasteiger partial charge in [-0.25, -0.2) is 14.4 Å². The summed E-state index contributed by atoms with van der Waals surface area (Å²) in [7, 11) is 3.38. The van der Waals surface area contributed by atoms with Crippen LogP contribution in [0.5, 0.6) is 0 Å². The number of carbonyl (C=O) groups is 5. The standard InChI is InChI=1S/C61H80FN13O9S/c1-39-11-13-42(14-12-39)55(77)49-38-85-59(68-49)51-10-7-21-74(51)61(80)54(69-58(78)40(2)65-3)41-17-23-72(24-18-41)25-27-82-29-31-84-33-32-83-30-28-81-26-19-44(76)8-5-22-75-52-37-71(4)60(79)45-16-15-43(62)34-46(45)50-9-6-20-73(50)57-56(64)66-36-48(67-57)53(52)47(35-63)70-75/h11-16,34,36,40-41,49-51,54,65H,5-10,17-33,37-38H2,1-4H3,(H2,64,66)(H,69,78)/t40-,49?,50-,51-,54-/m1/s1. The number of ketones is 2. The third-order valence-electron chi connectivity index (χ3n) is 16.7. The molecule has 0 aliphatic carbocycles. The second-order valence-corrected chi connectivity index (χ2v) is 23.5. The van der Waals surface area contributed by atoms with Crippen LogP contribution in [0.1, 0.15) is 114 Å². The molecular weight excluding hydrogens is 1110 g/mol. The number of aliphatic imine (C=N–C) groups is 1. The number of Topliss-reactive ketones (excluding diaryl/α,β-unsaturated/α-hetero) is 2. The van der Waals surface area contributed by atoms with Gasteiger partial charge in [-0.3, -0.25) is 33.6 Å². The Morgan fingerprint density at radius 1 is 0.882 bits per heavy atom. The van der Waals surface area contributed by atoms with Crippen LogP contribution in [0.15, 0.2) is 53.7 Å². The summed E-state index contributed by atoms with van der Waals surface area (Å²) >= 11 is 1.56. The van der Waals surface area contributed by atoms with Gasteiger partial charge in [-0.15, -0.1) is 11.8 Å². The monoisotopic (exact) mass is 1190 g/mol. The van der Waals surface area contributed by atoms with Crippen molar-refractivity contribution in [2.75, 3.05) is 116 Å². The topological polar surface area (TPSA) is 265 Å². The number of thioether (sulfide) groups is 1. The largest absolute Gasteiger partial charge is 0.381 e. The zero-order valence-electron chi connectivity index (χ0n) is 49.3. The van der Waals surface area contributed by atoms with Crippen molar-refractivity contribution in [3.63, 3.8) is 0 Å². The van der Waals surface area contributed by atoms with Gasteiger partial charge in [0.1, 0.15) is 29.8 Å². The molecule has 0 radical (unpaired) electrons. The molecule has 85 heavy (non-hydrogen) atoms. The van der Waals surface area contributed by atoms with E-state index in [1.54, 1.807) is 37.5 Å². The van der Waals surface area contributed by atoms with Crippen molar-refractivity contribution < 1.29 is 47.3 Å². The average molecular weight is 1190 g/mol. The number of carbonyl (C=O) groups excluding carboxylic acids is 5. The summed E-state index contributed by atoms with van der Waals surface area (Å²) in [6.45, 7) is 10.6.